The third kappa shape index (κ3) is 7.12. The summed E-state index contributed by atoms with van der Waals surface area (Å²) in [6.07, 6.45) is 3.17. The van der Waals surface area contributed by atoms with Crippen molar-refractivity contribution in [2.75, 3.05) is 32.7 Å². The van der Waals surface area contributed by atoms with Crippen LogP contribution >= 0.6 is 0 Å². The van der Waals surface area contributed by atoms with Gasteiger partial charge in [-0.15, -0.1) is 0 Å². The predicted molar refractivity (Wildman–Crippen MR) is 74.6 cm³/mol. The molecule has 1 fully saturated rings. The monoisotopic (exact) mass is 270 g/mol. The van der Waals surface area contributed by atoms with Crippen molar-refractivity contribution in [1.82, 2.24) is 15.5 Å². The molecule has 0 spiro atoms. The lowest BCUT2D eigenvalue weighted by Gasteiger charge is -2.29. The normalized spacial score (nSPS) is 17.2. The largest absolute Gasteiger partial charge is 0.356 e. The molecule has 0 unspecified atom stereocenters. The van der Waals surface area contributed by atoms with E-state index in [9.17, 15) is 9.59 Å². The van der Waals surface area contributed by atoms with Gasteiger partial charge in [0.05, 0.1) is 6.54 Å². The molecule has 1 aliphatic rings. The number of rotatable bonds is 7. The molecule has 0 saturated carbocycles. The second-order valence-corrected chi connectivity index (χ2v) is 5.06. The topological polar surface area (TPSA) is 87.5 Å². The lowest BCUT2D eigenvalue weighted by Crippen LogP contribution is -2.45. The van der Waals surface area contributed by atoms with Crippen LogP contribution < -0.4 is 16.4 Å². The van der Waals surface area contributed by atoms with E-state index < -0.39 is 0 Å². The quantitative estimate of drug-likeness (QED) is 0.579. The van der Waals surface area contributed by atoms with Crippen LogP contribution in [-0.4, -0.2) is 55.5 Å². The molecule has 110 valence electrons. The van der Waals surface area contributed by atoms with Gasteiger partial charge in [0.15, 0.2) is 0 Å². The number of likely N-dealkylation sites (tertiary alicyclic amines) is 1. The van der Waals surface area contributed by atoms with Gasteiger partial charge in [-0.3, -0.25) is 14.5 Å². The maximum absolute atomic E-state index is 11.7. The standard InChI is InChI=1S/C13H26N4O2/c1-2-6-15-12(18)3-7-16-13(19)10-17-8-4-11(14)5-9-17/h11H,2-10,14H2,1H3,(H,15,18)(H,16,19). The molecule has 19 heavy (non-hydrogen) atoms. The van der Waals surface area contributed by atoms with E-state index in [0.717, 1.165) is 32.4 Å². The summed E-state index contributed by atoms with van der Waals surface area (Å²) in [4.78, 5) is 25.1. The summed E-state index contributed by atoms with van der Waals surface area (Å²) in [6.45, 7) is 5.27. The highest BCUT2D eigenvalue weighted by molar-refractivity contribution is 5.80. The molecule has 1 heterocycles. The highest BCUT2D eigenvalue weighted by atomic mass is 16.2. The van der Waals surface area contributed by atoms with E-state index in [0.29, 0.717) is 26.1 Å². The molecular formula is C13H26N4O2. The Morgan fingerprint density at radius 1 is 1.16 bits per heavy atom. The van der Waals surface area contributed by atoms with Crippen LogP contribution in [0, 0.1) is 0 Å². The molecule has 6 nitrogen and oxygen atoms in total. The van der Waals surface area contributed by atoms with Gasteiger partial charge in [-0.25, -0.2) is 0 Å². The molecule has 1 rings (SSSR count). The van der Waals surface area contributed by atoms with E-state index in [1.165, 1.54) is 0 Å². The molecule has 1 saturated heterocycles. The Morgan fingerprint density at radius 2 is 1.79 bits per heavy atom. The minimum atomic E-state index is -0.0150. The van der Waals surface area contributed by atoms with Crippen LogP contribution in [0.25, 0.3) is 0 Å². The molecule has 0 aromatic heterocycles. The van der Waals surface area contributed by atoms with Gasteiger partial charge in [0.2, 0.25) is 11.8 Å². The van der Waals surface area contributed by atoms with Crippen LogP contribution in [0.1, 0.15) is 32.6 Å². The van der Waals surface area contributed by atoms with E-state index in [1.807, 2.05) is 6.92 Å². The number of nitrogens with one attached hydrogen (secondary N) is 2. The van der Waals surface area contributed by atoms with Gasteiger partial charge in [-0.1, -0.05) is 6.92 Å². The zero-order valence-electron chi connectivity index (χ0n) is 11.8. The van der Waals surface area contributed by atoms with Gasteiger partial charge in [-0.2, -0.15) is 0 Å². The summed E-state index contributed by atoms with van der Waals surface area (Å²) in [5.41, 5.74) is 5.81. The van der Waals surface area contributed by atoms with Crippen molar-refractivity contribution in [2.24, 2.45) is 5.73 Å². The fourth-order valence-electron chi connectivity index (χ4n) is 2.04. The van der Waals surface area contributed by atoms with Crippen LogP contribution in [0.15, 0.2) is 0 Å². The Hall–Kier alpha value is -1.14. The summed E-state index contributed by atoms with van der Waals surface area (Å²) < 4.78 is 0. The van der Waals surface area contributed by atoms with Gasteiger partial charge in [0.1, 0.15) is 0 Å². The first-order chi connectivity index (χ1) is 9.11. The van der Waals surface area contributed by atoms with Crippen LogP contribution in [0.4, 0.5) is 0 Å². The van der Waals surface area contributed by atoms with Crippen molar-refractivity contribution in [2.45, 2.75) is 38.6 Å². The zero-order chi connectivity index (χ0) is 14.1. The van der Waals surface area contributed by atoms with E-state index in [4.69, 9.17) is 5.73 Å². The number of hydrogen-bond acceptors (Lipinski definition) is 4. The first kappa shape index (κ1) is 15.9. The van der Waals surface area contributed by atoms with Crippen molar-refractivity contribution in [3.8, 4) is 0 Å². The van der Waals surface area contributed by atoms with Crippen LogP contribution in [0.5, 0.6) is 0 Å². The molecule has 0 aromatic rings. The second kappa shape index (κ2) is 8.87. The first-order valence-electron chi connectivity index (χ1n) is 7.13. The van der Waals surface area contributed by atoms with Gasteiger partial charge in [0, 0.05) is 38.6 Å². The molecule has 0 atom stereocenters. The number of piperidine rings is 1. The number of carbonyl (C=O) groups excluding carboxylic acids is 2. The summed E-state index contributed by atoms with van der Waals surface area (Å²) in [5, 5.41) is 5.55. The maximum atomic E-state index is 11.7. The molecular weight excluding hydrogens is 244 g/mol. The Kier molecular flexibility index (Phi) is 7.43. The fraction of sp³-hybridized carbons (Fsp3) is 0.846. The SMILES string of the molecule is CCCNC(=O)CCNC(=O)CN1CCC(N)CC1. The van der Waals surface area contributed by atoms with Crippen molar-refractivity contribution in [3.63, 3.8) is 0 Å². The van der Waals surface area contributed by atoms with Gasteiger partial charge in [0.25, 0.3) is 0 Å². The summed E-state index contributed by atoms with van der Waals surface area (Å²) in [7, 11) is 0. The molecule has 6 heteroatoms. The second-order valence-electron chi connectivity index (χ2n) is 5.06. The maximum Gasteiger partial charge on any atom is 0.234 e. The number of nitrogens with zero attached hydrogens (tertiary/aromatic N) is 1. The number of nitrogens with two attached hydrogens (primary N) is 1. The Bertz CT molecular complexity index is 288. The molecule has 0 radical (unpaired) electrons. The minimum Gasteiger partial charge on any atom is -0.356 e. The molecule has 0 aromatic carbocycles. The number of amides is 2. The lowest BCUT2D eigenvalue weighted by atomic mass is 10.1. The summed E-state index contributed by atoms with van der Waals surface area (Å²) >= 11 is 0. The zero-order valence-corrected chi connectivity index (χ0v) is 11.8. The highest BCUT2D eigenvalue weighted by Crippen LogP contribution is 2.07. The molecule has 0 aliphatic carbocycles. The van der Waals surface area contributed by atoms with Crippen molar-refractivity contribution in [1.29, 1.82) is 0 Å². The van der Waals surface area contributed by atoms with E-state index in [-0.39, 0.29) is 17.9 Å². The predicted octanol–water partition coefficient (Wildman–Crippen LogP) is -0.558. The average Bonchev–Trinajstić information content (AvgIpc) is 2.39. The van der Waals surface area contributed by atoms with Crippen molar-refractivity contribution >= 4 is 11.8 Å². The van der Waals surface area contributed by atoms with E-state index in [2.05, 4.69) is 15.5 Å². The molecule has 0 bridgehead atoms. The number of carbonyl (C=O) groups is 2. The smallest absolute Gasteiger partial charge is 0.234 e. The summed E-state index contributed by atoms with van der Waals surface area (Å²) in [5.74, 6) is -0.0233. The van der Waals surface area contributed by atoms with Crippen LogP contribution in [-0.2, 0) is 9.59 Å². The Morgan fingerprint density at radius 3 is 2.42 bits per heavy atom. The molecule has 1 aliphatic heterocycles. The van der Waals surface area contributed by atoms with Crippen molar-refractivity contribution in [3.05, 3.63) is 0 Å². The van der Waals surface area contributed by atoms with E-state index in [1.54, 1.807) is 0 Å². The van der Waals surface area contributed by atoms with Crippen LogP contribution in [0.2, 0.25) is 0 Å². The van der Waals surface area contributed by atoms with Gasteiger partial charge in [-0.05, 0) is 19.3 Å². The fourth-order valence-corrected chi connectivity index (χ4v) is 2.04. The van der Waals surface area contributed by atoms with Crippen LogP contribution in [0.3, 0.4) is 0 Å². The highest BCUT2D eigenvalue weighted by Gasteiger charge is 2.17. The third-order valence-corrected chi connectivity index (χ3v) is 3.25. The third-order valence-electron chi connectivity index (χ3n) is 3.25. The Balaban J connectivity index is 2.06. The lowest BCUT2D eigenvalue weighted by molar-refractivity contribution is -0.123. The molecule has 4 N–H and O–H groups in total. The average molecular weight is 270 g/mol. The molecule has 2 amide bonds. The Labute approximate surface area is 115 Å². The van der Waals surface area contributed by atoms with E-state index >= 15 is 0 Å². The summed E-state index contributed by atoms with van der Waals surface area (Å²) in [6, 6.07) is 0.279. The van der Waals surface area contributed by atoms with Crippen molar-refractivity contribution < 1.29 is 9.59 Å². The van der Waals surface area contributed by atoms with Gasteiger partial charge >= 0.3 is 0 Å². The minimum absolute atomic E-state index is 0.00824. The van der Waals surface area contributed by atoms with Gasteiger partial charge < -0.3 is 16.4 Å². The first-order valence-corrected chi connectivity index (χ1v) is 7.13. The number of hydrogen-bond donors (Lipinski definition) is 3.